The first-order chi connectivity index (χ1) is 27.2. The summed E-state index contributed by atoms with van der Waals surface area (Å²) in [5.74, 6) is -6.77. The minimum Gasteiger partial charge on any atom is -0.497 e. The fraction of sp³-hybridized carbons (Fsp3) is 0.690. The summed E-state index contributed by atoms with van der Waals surface area (Å²) in [6.45, 7) is 13.7. The number of likely N-dealkylation sites (N-methyl/N-ethyl adjacent to an activating group) is 1. The molecule has 1 aromatic rings. The molecule has 5 N–H and O–H groups in total. The number of aliphatic hydroxyl groups is 1. The van der Waals surface area contributed by atoms with E-state index in [1.54, 1.807) is 45.0 Å². The molecule has 16 heteroatoms. The molecule has 0 spiro atoms. The highest BCUT2D eigenvalue weighted by Crippen LogP contribution is 2.25. The van der Waals surface area contributed by atoms with Gasteiger partial charge in [0.05, 0.1) is 31.6 Å². The van der Waals surface area contributed by atoms with Crippen molar-refractivity contribution in [2.45, 2.75) is 142 Å². The van der Waals surface area contributed by atoms with Gasteiger partial charge in [-0.2, -0.15) is 0 Å². The van der Waals surface area contributed by atoms with Crippen molar-refractivity contribution in [2.24, 2.45) is 29.4 Å². The molecular weight excluding hydrogens is 750 g/mol. The quantitative estimate of drug-likeness (QED) is 0.218. The number of benzene rings is 1. The van der Waals surface area contributed by atoms with Gasteiger partial charge in [0.25, 0.3) is 0 Å². The summed E-state index contributed by atoms with van der Waals surface area (Å²) in [7, 11) is 2.97. The van der Waals surface area contributed by atoms with E-state index in [1.165, 1.54) is 37.8 Å². The zero-order chi connectivity index (χ0) is 43.6. The first kappa shape index (κ1) is 47.8. The summed E-state index contributed by atoms with van der Waals surface area (Å²) in [5, 5.41) is 16.7. The number of nitrogens with one attached hydrogen (secondary N) is 2. The van der Waals surface area contributed by atoms with Crippen molar-refractivity contribution in [2.75, 3.05) is 20.7 Å². The highest BCUT2D eigenvalue weighted by Gasteiger charge is 2.43. The molecule has 58 heavy (non-hydrogen) atoms. The molecule has 0 aliphatic carbocycles. The molecule has 2 aliphatic rings. The van der Waals surface area contributed by atoms with Crippen LogP contribution in [-0.2, 0) is 49.5 Å². The maximum atomic E-state index is 14.4. The molecule has 2 fully saturated rings. The normalized spacial score (nSPS) is 29.8. The number of esters is 2. The molecule has 16 nitrogen and oxygen atoms in total. The van der Waals surface area contributed by atoms with Gasteiger partial charge in [-0.15, -0.1) is 0 Å². The summed E-state index contributed by atoms with van der Waals surface area (Å²) < 4.78 is 16.7. The van der Waals surface area contributed by atoms with Crippen molar-refractivity contribution in [3.63, 3.8) is 0 Å². The molecule has 2 aliphatic heterocycles. The van der Waals surface area contributed by atoms with Gasteiger partial charge in [-0.25, -0.2) is 4.79 Å². The van der Waals surface area contributed by atoms with Crippen LogP contribution in [0, 0.1) is 23.7 Å². The number of nitrogens with zero attached hydrogens (tertiary/aromatic N) is 2. The molecule has 324 valence electrons. The Morgan fingerprint density at radius 3 is 2.14 bits per heavy atom. The fourth-order valence-corrected chi connectivity index (χ4v) is 7.30. The Kier molecular flexibility index (Phi) is 17.7. The minimum absolute atomic E-state index is 0.00753. The third-order valence-corrected chi connectivity index (χ3v) is 11.2. The summed E-state index contributed by atoms with van der Waals surface area (Å²) in [4.78, 5) is 99.7. The van der Waals surface area contributed by atoms with Gasteiger partial charge >= 0.3 is 11.9 Å². The second-order valence-corrected chi connectivity index (χ2v) is 16.5. The first-order valence-corrected chi connectivity index (χ1v) is 20.4. The van der Waals surface area contributed by atoms with Crippen molar-refractivity contribution in [3.05, 3.63) is 29.8 Å². The lowest BCUT2D eigenvalue weighted by atomic mass is 9.91. The highest BCUT2D eigenvalue weighted by molar-refractivity contribution is 6.05. The number of ketones is 1. The molecule has 1 aromatic carbocycles. The van der Waals surface area contributed by atoms with Gasteiger partial charge in [-0.3, -0.25) is 28.8 Å². The number of rotatable bonds is 8. The van der Waals surface area contributed by atoms with Crippen LogP contribution in [0.5, 0.6) is 5.75 Å². The number of fused-ring (bicyclic) bond motifs is 1. The number of hydrogen-bond donors (Lipinski definition) is 4. The van der Waals surface area contributed by atoms with E-state index in [1.807, 2.05) is 20.8 Å². The Morgan fingerprint density at radius 2 is 1.57 bits per heavy atom. The number of Topliss-reactive ketones (excluding diaryl/α,β-unsaturated/α-hetero) is 1. The molecule has 4 amide bonds. The summed E-state index contributed by atoms with van der Waals surface area (Å²) in [6.07, 6.45) is -3.15. The van der Waals surface area contributed by atoms with Crippen LogP contribution in [0.25, 0.3) is 0 Å². The third kappa shape index (κ3) is 12.2. The van der Waals surface area contributed by atoms with Crippen molar-refractivity contribution in [1.82, 2.24) is 20.4 Å². The van der Waals surface area contributed by atoms with Gasteiger partial charge in [0.1, 0.15) is 36.0 Å². The lowest BCUT2D eigenvalue weighted by Gasteiger charge is -2.35. The number of aliphatic hydroxyl groups excluding tert-OH is 1. The summed E-state index contributed by atoms with van der Waals surface area (Å²) in [6, 6.07) is 1.21. The largest absolute Gasteiger partial charge is 0.497 e. The zero-order valence-corrected chi connectivity index (χ0v) is 35.7. The summed E-state index contributed by atoms with van der Waals surface area (Å²) in [5.41, 5.74) is 7.01. The van der Waals surface area contributed by atoms with Gasteiger partial charge in [-0.1, -0.05) is 60.1 Å². The van der Waals surface area contributed by atoms with Crippen LogP contribution >= 0.6 is 0 Å². The van der Waals surface area contributed by atoms with E-state index in [0.717, 1.165) is 0 Å². The van der Waals surface area contributed by atoms with Gasteiger partial charge in [0.15, 0.2) is 11.9 Å². The number of nitrogens with two attached hydrogens (primary N) is 1. The third-order valence-electron chi connectivity index (χ3n) is 11.2. The van der Waals surface area contributed by atoms with Gasteiger partial charge in [0.2, 0.25) is 23.6 Å². The average Bonchev–Trinajstić information content (AvgIpc) is 3.68. The van der Waals surface area contributed by atoms with E-state index in [-0.39, 0.29) is 31.2 Å². The molecule has 2 heterocycles. The van der Waals surface area contributed by atoms with Crippen LogP contribution < -0.4 is 21.1 Å². The fourth-order valence-electron chi connectivity index (χ4n) is 7.30. The monoisotopic (exact) mass is 815 g/mol. The van der Waals surface area contributed by atoms with Crippen LogP contribution in [0.4, 0.5) is 0 Å². The number of cyclic esters (lactones) is 2. The number of carbonyl (C=O) groups is 7. The molecule has 0 radical (unpaired) electrons. The lowest BCUT2D eigenvalue weighted by Crippen LogP contribution is -2.58. The van der Waals surface area contributed by atoms with Gasteiger partial charge < -0.3 is 45.5 Å². The van der Waals surface area contributed by atoms with Crippen molar-refractivity contribution < 1.29 is 52.9 Å². The maximum absolute atomic E-state index is 14.4. The van der Waals surface area contributed by atoms with Crippen LogP contribution in [0.2, 0.25) is 0 Å². The second kappa shape index (κ2) is 21.4. The van der Waals surface area contributed by atoms with Gasteiger partial charge in [-0.05, 0) is 68.6 Å². The Hall–Kier alpha value is -4.57. The van der Waals surface area contributed by atoms with E-state index in [0.29, 0.717) is 30.6 Å². The Balaban J connectivity index is 2.11. The molecule has 2 unspecified atom stereocenters. The van der Waals surface area contributed by atoms with E-state index in [4.69, 9.17) is 19.9 Å². The van der Waals surface area contributed by atoms with Crippen LogP contribution in [-0.4, -0.2) is 125 Å². The van der Waals surface area contributed by atoms with Crippen molar-refractivity contribution in [3.8, 4) is 5.75 Å². The zero-order valence-electron chi connectivity index (χ0n) is 35.7. The minimum atomic E-state index is -1.47. The number of hydrogen-bond acceptors (Lipinski definition) is 12. The average molecular weight is 816 g/mol. The van der Waals surface area contributed by atoms with Crippen molar-refractivity contribution in [1.29, 1.82) is 0 Å². The number of amides is 4. The molecule has 0 aromatic heterocycles. The topological polar surface area (TPSA) is 224 Å². The molecule has 10 atom stereocenters. The van der Waals surface area contributed by atoms with E-state index in [9.17, 15) is 38.7 Å². The van der Waals surface area contributed by atoms with E-state index < -0.39 is 108 Å². The standard InChI is InChI=1S/C42H65N5O11/c1-11-24(6)35-32(48)21-33(49)58-37(23(4)5)36(50)25(7)38(51)44-29(19-22(2)3)40(53)47-18-12-13-30(47)41(54)46(9)31(20-27-14-16-28(56-10)17-15-27)42(55)57-26(8)34(43)39(52)45-35/h14-17,22-26,29-32,34-35,37,48H,11-13,18-21,43H2,1-10H3,(H,44,51)(H,45,52)/t24-,25-,26+,29-,30?,31-,32-,34-,35?,37-/m0/s1. The van der Waals surface area contributed by atoms with E-state index in [2.05, 4.69) is 10.6 Å². The molecule has 3 rings (SSSR count). The van der Waals surface area contributed by atoms with Crippen LogP contribution in [0.3, 0.4) is 0 Å². The summed E-state index contributed by atoms with van der Waals surface area (Å²) >= 11 is 0. The Bertz CT molecular complexity index is 1620. The maximum Gasteiger partial charge on any atom is 0.329 e. The first-order valence-electron chi connectivity index (χ1n) is 20.4. The smallest absolute Gasteiger partial charge is 0.329 e. The second-order valence-electron chi connectivity index (χ2n) is 16.5. The number of methoxy groups -OCH3 is 1. The van der Waals surface area contributed by atoms with Crippen molar-refractivity contribution >= 4 is 41.4 Å². The number of carbonyl (C=O) groups excluding carboxylic acids is 7. The van der Waals surface area contributed by atoms with Crippen LogP contribution in [0.1, 0.15) is 93.1 Å². The van der Waals surface area contributed by atoms with E-state index >= 15 is 0 Å². The van der Waals surface area contributed by atoms with Gasteiger partial charge in [0, 0.05) is 20.0 Å². The molecule has 2 saturated heterocycles. The lowest BCUT2D eigenvalue weighted by molar-refractivity contribution is -0.162. The van der Waals surface area contributed by atoms with Crippen LogP contribution in [0.15, 0.2) is 24.3 Å². The SMILES string of the molecule is CC[C@H](C)C1NC(=O)[C@@H](N)[C@@H](C)OC(=O)[C@H](Cc2ccc(OC)cc2)N(C)C(=O)C2CCCN2C(=O)[C@H](CC(C)C)NC(=O)[C@@H](C)C(=O)[C@H](C(C)C)OC(=O)C[C@@H]1O. The Labute approximate surface area is 342 Å². The number of ether oxygens (including phenoxy) is 3. The molecule has 0 saturated carbocycles. The molecule has 0 bridgehead atoms. The predicted molar refractivity (Wildman–Crippen MR) is 214 cm³/mol. The molecular formula is C42H65N5O11. The highest BCUT2D eigenvalue weighted by atomic mass is 16.6. The predicted octanol–water partition coefficient (Wildman–Crippen LogP) is 1.91. The Morgan fingerprint density at radius 1 is 0.931 bits per heavy atom.